The van der Waals surface area contributed by atoms with Crippen LogP contribution in [-0.2, 0) is 14.4 Å². The van der Waals surface area contributed by atoms with Gasteiger partial charge < -0.3 is 15.3 Å². The van der Waals surface area contributed by atoms with Crippen molar-refractivity contribution < 1.29 is 23.9 Å². The van der Waals surface area contributed by atoms with Crippen LogP contribution in [0.4, 0.5) is 10.1 Å². The Morgan fingerprint density at radius 2 is 2.17 bits per heavy atom. The molecule has 1 aliphatic heterocycles. The summed E-state index contributed by atoms with van der Waals surface area (Å²) in [5.74, 6) is -3.26. The molecule has 24 heavy (non-hydrogen) atoms. The molecule has 1 aromatic carbocycles. The van der Waals surface area contributed by atoms with Gasteiger partial charge in [-0.25, -0.2) is 9.18 Å². The lowest BCUT2D eigenvalue weighted by molar-refractivity contribution is -0.142. The van der Waals surface area contributed by atoms with Crippen LogP contribution in [0.15, 0.2) is 36.9 Å². The summed E-state index contributed by atoms with van der Waals surface area (Å²) < 4.78 is 13.8. The number of nitrogens with zero attached hydrogens (tertiary/aromatic N) is 1. The van der Waals surface area contributed by atoms with E-state index in [2.05, 4.69) is 11.9 Å². The first kappa shape index (κ1) is 17.7. The molecule has 2 atom stereocenters. The van der Waals surface area contributed by atoms with Crippen LogP contribution in [0.2, 0.25) is 0 Å². The summed E-state index contributed by atoms with van der Waals surface area (Å²) in [6.07, 6.45) is 2.17. The molecule has 7 heteroatoms. The van der Waals surface area contributed by atoms with Crippen LogP contribution in [0.3, 0.4) is 0 Å². The SMILES string of the molecule is C=CCCC(NC(=O)C1CC(=O)N(c2ccccc2F)C1)C(=O)O. The number of carboxylic acid groups (broad SMARTS) is 1. The Kier molecular flexibility index (Phi) is 5.68. The fraction of sp³-hybridized carbons (Fsp3) is 0.353. The lowest BCUT2D eigenvalue weighted by Gasteiger charge is -2.18. The van der Waals surface area contributed by atoms with E-state index in [0.29, 0.717) is 6.42 Å². The number of amides is 2. The fourth-order valence-corrected chi connectivity index (χ4v) is 2.62. The molecule has 6 nitrogen and oxygen atoms in total. The van der Waals surface area contributed by atoms with Gasteiger partial charge in [-0.1, -0.05) is 18.2 Å². The maximum atomic E-state index is 13.8. The summed E-state index contributed by atoms with van der Waals surface area (Å²) in [6, 6.07) is 4.80. The highest BCUT2D eigenvalue weighted by Crippen LogP contribution is 2.27. The summed E-state index contributed by atoms with van der Waals surface area (Å²) in [5.41, 5.74) is 0.124. The first-order valence-corrected chi connectivity index (χ1v) is 7.63. The standard InChI is InChI=1S/C17H19FN2O4/c1-2-3-7-13(17(23)24)19-16(22)11-9-15(21)20(10-11)14-8-5-4-6-12(14)18/h2,4-6,8,11,13H,1,3,7,9-10H2,(H,19,22)(H,23,24). The maximum Gasteiger partial charge on any atom is 0.326 e. The number of anilines is 1. The largest absolute Gasteiger partial charge is 0.480 e. The molecule has 128 valence electrons. The normalized spacial score (nSPS) is 18.3. The molecule has 0 spiro atoms. The number of halogens is 1. The molecule has 2 unspecified atom stereocenters. The Balaban J connectivity index is 2.04. The minimum atomic E-state index is -1.14. The Hall–Kier alpha value is -2.70. The number of carbonyl (C=O) groups excluding carboxylic acids is 2. The van der Waals surface area contributed by atoms with Crippen molar-refractivity contribution >= 4 is 23.5 Å². The van der Waals surface area contributed by atoms with Gasteiger partial charge in [-0.2, -0.15) is 0 Å². The minimum absolute atomic E-state index is 0.0272. The smallest absolute Gasteiger partial charge is 0.326 e. The third-order valence-corrected chi connectivity index (χ3v) is 3.91. The minimum Gasteiger partial charge on any atom is -0.480 e. The van der Waals surface area contributed by atoms with E-state index in [4.69, 9.17) is 5.11 Å². The number of rotatable bonds is 7. The van der Waals surface area contributed by atoms with Crippen molar-refractivity contribution in [2.24, 2.45) is 5.92 Å². The number of para-hydroxylation sites is 1. The summed E-state index contributed by atoms with van der Waals surface area (Å²) in [7, 11) is 0. The number of benzene rings is 1. The fourth-order valence-electron chi connectivity index (χ4n) is 2.62. The molecule has 0 radical (unpaired) electrons. The van der Waals surface area contributed by atoms with Crippen molar-refractivity contribution in [3.63, 3.8) is 0 Å². The van der Waals surface area contributed by atoms with Gasteiger partial charge in [0.05, 0.1) is 11.6 Å². The summed E-state index contributed by atoms with van der Waals surface area (Å²) in [4.78, 5) is 36.7. The van der Waals surface area contributed by atoms with E-state index in [1.165, 1.54) is 23.1 Å². The van der Waals surface area contributed by atoms with Gasteiger partial charge in [0.15, 0.2) is 0 Å². The number of carboxylic acids is 1. The van der Waals surface area contributed by atoms with Gasteiger partial charge in [0.25, 0.3) is 0 Å². The van der Waals surface area contributed by atoms with Crippen molar-refractivity contribution in [1.82, 2.24) is 5.32 Å². The van der Waals surface area contributed by atoms with E-state index in [1.807, 2.05) is 0 Å². The van der Waals surface area contributed by atoms with E-state index < -0.39 is 29.7 Å². The van der Waals surface area contributed by atoms with Crippen molar-refractivity contribution in [2.45, 2.75) is 25.3 Å². The molecule has 1 aliphatic rings. The second kappa shape index (κ2) is 7.72. The number of hydrogen-bond donors (Lipinski definition) is 2. The zero-order chi connectivity index (χ0) is 17.7. The quantitative estimate of drug-likeness (QED) is 0.743. The number of aliphatic carboxylic acids is 1. The van der Waals surface area contributed by atoms with Crippen molar-refractivity contribution in [3.05, 3.63) is 42.7 Å². The van der Waals surface area contributed by atoms with Crippen LogP contribution in [0.1, 0.15) is 19.3 Å². The summed E-state index contributed by atoms with van der Waals surface area (Å²) in [6.45, 7) is 3.54. The molecule has 0 bridgehead atoms. The van der Waals surface area contributed by atoms with E-state index in [1.54, 1.807) is 12.1 Å². The molecule has 1 saturated heterocycles. The molecular weight excluding hydrogens is 315 g/mol. The first-order valence-electron chi connectivity index (χ1n) is 7.63. The van der Waals surface area contributed by atoms with E-state index in [9.17, 15) is 18.8 Å². The Morgan fingerprint density at radius 3 is 2.79 bits per heavy atom. The summed E-state index contributed by atoms with van der Waals surface area (Å²) >= 11 is 0. The van der Waals surface area contributed by atoms with Crippen molar-refractivity contribution in [1.29, 1.82) is 0 Å². The van der Waals surface area contributed by atoms with Gasteiger partial charge >= 0.3 is 5.97 Å². The van der Waals surface area contributed by atoms with Gasteiger partial charge in [-0.15, -0.1) is 6.58 Å². The van der Waals surface area contributed by atoms with Crippen LogP contribution in [-0.4, -0.2) is 35.5 Å². The Bertz CT molecular complexity index is 662. The molecular formula is C17H19FN2O4. The molecule has 2 amide bonds. The molecule has 0 saturated carbocycles. The second-order valence-electron chi connectivity index (χ2n) is 5.62. The summed E-state index contributed by atoms with van der Waals surface area (Å²) in [5, 5.41) is 11.6. The average molecular weight is 334 g/mol. The van der Waals surface area contributed by atoms with Crippen LogP contribution < -0.4 is 10.2 Å². The first-order chi connectivity index (χ1) is 11.4. The second-order valence-corrected chi connectivity index (χ2v) is 5.62. The molecule has 1 aromatic rings. The predicted octanol–water partition coefficient (Wildman–Crippen LogP) is 1.71. The Morgan fingerprint density at radius 1 is 1.46 bits per heavy atom. The maximum absolute atomic E-state index is 13.8. The lowest BCUT2D eigenvalue weighted by Crippen LogP contribution is -2.44. The monoisotopic (exact) mass is 334 g/mol. The Labute approximate surface area is 139 Å². The molecule has 0 aliphatic carbocycles. The van der Waals surface area contributed by atoms with Gasteiger partial charge in [0.1, 0.15) is 11.9 Å². The van der Waals surface area contributed by atoms with E-state index in [0.717, 1.165) is 0 Å². The van der Waals surface area contributed by atoms with Gasteiger partial charge in [-0.05, 0) is 25.0 Å². The van der Waals surface area contributed by atoms with Crippen molar-refractivity contribution in [3.8, 4) is 0 Å². The van der Waals surface area contributed by atoms with Crippen LogP contribution in [0, 0.1) is 11.7 Å². The van der Waals surface area contributed by atoms with Gasteiger partial charge in [0.2, 0.25) is 11.8 Å². The van der Waals surface area contributed by atoms with Crippen LogP contribution in [0.5, 0.6) is 0 Å². The number of hydrogen-bond acceptors (Lipinski definition) is 3. The number of carbonyl (C=O) groups is 3. The zero-order valence-corrected chi connectivity index (χ0v) is 13.1. The van der Waals surface area contributed by atoms with Crippen LogP contribution >= 0.6 is 0 Å². The van der Waals surface area contributed by atoms with Crippen LogP contribution in [0.25, 0.3) is 0 Å². The third-order valence-electron chi connectivity index (χ3n) is 3.91. The highest BCUT2D eigenvalue weighted by molar-refractivity contribution is 6.00. The molecule has 0 aromatic heterocycles. The molecule has 1 heterocycles. The lowest BCUT2D eigenvalue weighted by atomic mass is 10.1. The molecule has 2 rings (SSSR count). The topological polar surface area (TPSA) is 86.7 Å². The third kappa shape index (κ3) is 3.98. The van der Waals surface area contributed by atoms with Gasteiger partial charge in [-0.3, -0.25) is 9.59 Å². The highest BCUT2D eigenvalue weighted by atomic mass is 19.1. The zero-order valence-electron chi connectivity index (χ0n) is 13.1. The molecule has 2 N–H and O–H groups in total. The number of allylic oxidation sites excluding steroid dienone is 1. The predicted molar refractivity (Wildman–Crippen MR) is 85.9 cm³/mol. The number of nitrogens with one attached hydrogen (secondary N) is 1. The molecule has 1 fully saturated rings. The van der Waals surface area contributed by atoms with Crippen molar-refractivity contribution in [2.75, 3.05) is 11.4 Å². The highest BCUT2D eigenvalue weighted by Gasteiger charge is 2.37. The van der Waals surface area contributed by atoms with Gasteiger partial charge in [0, 0.05) is 13.0 Å². The van der Waals surface area contributed by atoms with E-state index >= 15 is 0 Å². The van der Waals surface area contributed by atoms with E-state index in [-0.39, 0.29) is 31.0 Å². The average Bonchev–Trinajstić information content (AvgIpc) is 2.93.